The molecule has 4 rings (SSSR count). The maximum absolute atomic E-state index is 12.5. The molecule has 2 aliphatic heterocycles. The number of amides is 1. The Morgan fingerprint density at radius 3 is 2.70 bits per heavy atom. The van der Waals surface area contributed by atoms with E-state index >= 15 is 0 Å². The van der Waals surface area contributed by atoms with Crippen LogP contribution in [0, 0.1) is 6.92 Å². The number of aromatic nitrogens is 1. The molecule has 144 valence electrons. The van der Waals surface area contributed by atoms with Gasteiger partial charge in [0.2, 0.25) is 5.91 Å². The van der Waals surface area contributed by atoms with Gasteiger partial charge >= 0.3 is 0 Å². The summed E-state index contributed by atoms with van der Waals surface area (Å²) in [4.78, 5) is 21.0. The summed E-state index contributed by atoms with van der Waals surface area (Å²) in [5.74, 6) is 2.02. The van der Waals surface area contributed by atoms with Crippen LogP contribution in [0.5, 0.6) is 0 Å². The van der Waals surface area contributed by atoms with Crippen LogP contribution in [0.4, 0.5) is 0 Å². The minimum atomic E-state index is -0.258. The first kappa shape index (κ1) is 18.2. The number of likely N-dealkylation sites (tertiary alicyclic amines) is 1. The van der Waals surface area contributed by atoms with E-state index in [4.69, 9.17) is 9.15 Å². The summed E-state index contributed by atoms with van der Waals surface area (Å²) in [5, 5.41) is 0. The van der Waals surface area contributed by atoms with Gasteiger partial charge in [0.05, 0.1) is 18.2 Å². The molecule has 6 nitrogen and oxygen atoms in total. The van der Waals surface area contributed by atoms with E-state index in [-0.39, 0.29) is 24.2 Å². The van der Waals surface area contributed by atoms with Gasteiger partial charge in [-0.1, -0.05) is 6.07 Å². The van der Waals surface area contributed by atoms with Gasteiger partial charge in [-0.05, 0) is 50.5 Å². The fraction of sp³-hybridized carbons (Fsp3) is 0.524. The number of carbonyl (C=O) groups is 1. The second-order valence-corrected chi connectivity index (χ2v) is 7.70. The highest BCUT2D eigenvalue weighted by Gasteiger charge is 2.47. The Balaban J connectivity index is 1.41. The summed E-state index contributed by atoms with van der Waals surface area (Å²) < 4.78 is 11.9. The average molecular weight is 369 g/mol. The van der Waals surface area contributed by atoms with Crippen LogP contribution >= 0.6 is 0 Å². The van der Waals surface area contributed by atoms with E-state index < -0.39 is 0 Å². The fourth-order valence-electron chi connectivity index (χ4n) is 4.26. The van der Waals surface area contributed by atoms with Crippen molar-refractivity contribution in [3.8, 4) is 0 Å². The Morgan fingerprint density at radius 1 is 1.22 bits per heavy atom. The van der Waals surface area contributed by atoms with Crippen molar-refractivity contribution in [3.63, 3.8) is 0 Å². The summed E-state index contributed by atoms with van der Waals surface area (Å²) in [5.41, 5.74) is 0.798. The predicted octanol–water partition coefficient (Wildman–Crippen LogP) is 2.77. The quantitative estimate of drug-likeness (QED) is 0.829. The molecule has 2 fully saturated rings. The number of furan rings is 1. The van der Waals surface area contributed by atoms with Crippen molar-refractivity contribution in [2.45, 2.75) is 51.4 Å². The number of pyridine rings is 1. The molecule has 2 aromatic rings. The van der Waals surface area contributed by atoms with Crippen molar-refractivity contribution in [2.24, 2.45) is 0 Å². The van der Waals surface area contributed by atoms with Gasteiger partial charge in [-0.2, -0.15) is 0 Å². The maximum atomic E-state index is 12.5. The van der Waals surface area contributed by atoms with Gasteiger partial charge < -0.3 is 14.1 Å². The molecule has 0 bridgehead atoms. The van der Waals surface area contributed by atoms with Crippen molar-refractivity contribution in [2.75, 3.05) is 19.7 Å². The van der Waals surface area contributed by atoms with Crippen molar-refractivity contribution >= 4 is 5.91 Å². The van der Waals surface area contributed by atoms with Crippen molar-refractivity contribution in [3.05, 3.63) is 53.7 Å². The van der Waals surface area contributed by atoms with E-state index in [1.807, 2.05) is 42.3 Å². The van der Waals surface area contributed by atoms with Crippen LogP contribution in [0.15, 0.2) is 41.1 Å². The number of rotatable bonds is 4. The van der Waals surface area contributed by atoms with Crippen molar-refractivity contribution < 1.29 is 13.9 Å². The van der Waals surface area contributed by atoms with Crippen molar-refractivity contribution in [1.29, 1.82) is 0 Å². The van der Waals surface area contributed by atoms with E-state index in [0.717, 1.165) is 49.6 Å². The molecule has 4 heterocycles. The monoisotopic (exact) mass is 369 g/mol. The molecule has 27 heavy (non-hydrogen) atoms. The summed E-state index contributed by atoms with van der Waals surface area (Å²) in [7, 11) is 0. The fourth-order valence-corrected chi connectivity index (χ4v) is 4.26. The Kier molecular flexibility index (Phi) is 5.02. The molecule has 2 saturated heterocycles. The first-order valence-electron chi connectivity index (χ1n) is 9.66. The molecule has 1 amide bonds. The lowest BCUT2D eigenvalue weighted by atomic mass is 9.82. The number of carbonyl (C=O) groups excluding carboxylic acids is 1. The lowest BCUT2D eigenvalue weighted by Gasteiger charge is -2.51. The largest absolute Gasteiger partial charge is 0.465 e. The van der Waals surface area contributed by atoms with Crippen LogP contribution in [-0.4, -0.2) is 52.0 Å². The van der Waals surface area contributed by atoms with Crippen LogP contribution < -0.4 is 0 Å². The van der Waals surface area contributed by atoms with E-state index in [0.29, 0.717) is 6.54 Å². The summed E-state index contributed by atoms with van der Waals surface area (Å²) in [6.45, 7) is 7.57. The van der Waals surface area contributed by atoms with Gasteiger partial charge in [0.25, 0.3) is 0 Å². The Bertz CT molecular complexity index is 781. The number of hydrogen-bond acceptors (Lipinski definition) is 5. The molecule has 1 unspecified atom stereocenters. The van der Waals surface area contributed by atoms with Gasteiger partial charge in [-0.3, -0.25) is 14.7 Å². The molecule has 0 aliphatic carbocycles. The summed E-state index contributed by atoms with van der Waals surface area (Å²) in [6.07, 6.45) is 5.43. The van der Waals surface area contributed by atoms with Crippen LogP contribution in [0.3, 0.4) is 0 Å². The number of ether oxygens (including phenoxy) is 1. The lowest BCUT2D eigenvalue weighted by Crippen LogP contribution is -2.63. The van der Waals surface area contributed by atoms with Gasteiger partial charge in [0.1, 0.15) is 18.1 Å². The molecular formula is C21H27N3O3. The number of piperidine rings is 1. The Labute approximate surface area is 160 Å². The topological polar surface area (TPSA) is 58.8 Å². The normalized spacial score (nSPS) is 23.1. The van der Waals surface area contributed by atoms with Crippen LogP contribution in [0.25, 0.3) is 0 Å². The van der Waals surface area contributed by atoms with Crippen LogP contribution in [-0.2, 0) is 22.6 Å². The van der Waals surface area contributed by atoms with Crippen LogP contribution in [0.1, 0.15) is 36.8 Å². The lowest BCUT2D eigenvalue weighted by molar-refractivity contribution is -0.188. The first-order chi connectivity index (χ1) is 13.1. The minimum Gasteiger partial charge on any atom is -0.465 e. The van der Waals surface area contributed by atoms with Crippen molar-refractivity contribution in [1.82, 2.24) is 14.8 Å². The zero-order chi connectivity index (χ0) is 18.9. The molecule has 2 aliphatic rings. The van der Waals surface area contributed by atoms with E-state index in [9.17, 15) is 4.79 Å². The number of aryl methyl sites for hydroxylation is 1. The zero-order valence-corrected chi connectivity index (χ0v) is 16.1. The highest BCUT2D eigenvalue weighted by Crippen LogP contribution is 2.36. The Morgan fingerprint density at radius 2 is 2.04 bits per heavy atom. The average Bonchev–Trinajstić information content (AvgIpc) is 3.09. The minimum absolute atomic E-state index is 0.0481. The highest BCUT2D eigenvalue weighted by atomic mass is 16.5. The standard InChI is InChI=1S/C21H27N3O3/c1-16-5-6-19(27-16)14-23-10-7-21(8-11-23)17(2)24(20(25)15-26-21)13-18-4-3-9-22-12-18/h3-6,9,12,17H,7-8,10-11,13-15H2,1-2H3. The number of morpholine rings is 1. The van der Waals surface area contributed by atoms with Gasteiger partial charge in [0, 0.05) is 32.0 Å². The maximum Gasteiger partial charge on any atom is 0.249 e. The summed E-state index contributed by atoms with van der Waals surface area (Å²) in [6, 6.07) is 8.04. The number of nitrogens with zero attached hydrogens (tertiary/aromatic N) is 3. The molecule has 1 atom stereocenters. The van der Waals surface area contributed by atoms with E-state index in [1.165, 1.54) is 0 Å². The predicted molar refractivity (Wildman–Crippen MR) is 101 cm³/mol. The smallest absolute Gasteiger partial charge is 0.249 e. The van der Waals surface area contributed by atoms with Crippen LogP contribution in [0.2, 0.25) is 0 Å². The SMILES string of the molecule is Cc1ccc(CN2CCC3(CC2)OCC(=O)N(Cc2cccnc2)C3C)o1. The number of hydrogen-bond donors (Lipinski definition) is 0. The third-order valence-electron chi connectivity index (χ3n) is 5.99. The Hall–Kier alpha value is -2.18. The van der Waals surface area contributed by atoms with E-state index in [1.54, 1.807) is 6.20 Å². The second-order valence-electron chi connectivity index (χ2n) is 7.70. The molecule has 1 spiro atoms. The zero-order valence-electron chi connectivity index (χ0n) is 16.1. The van der Waals surface area contributed by atoms with Gasteiger partial charge in [0.15, 0.2) is 0 Å². The third kappa shape index (κ3) is 3.77. The summed E-state index contributed by atoms with van der Waals surface area (Å²) >= 11 is 0. The third-order valence-corrected chi connectivity index (χ3v) is 5.99. The molecule has 0 N–H and O–H groups in total. The molecule has 2 aromatic heterocycles. The molecule has 0 aromatic carbocycles. The van der Waals surface area contributed by atoms with Gasteiger partial charge in [-0.25, -0.2) is 0 Å². The van der Waals surface area contributed by atoms with E-state index in [2.05, 4.69) is 16.8 Å². The molecule has 0 saturated carbocycles. The second kappa shape index (κ2) is 7.44. The highest BCUT2D eigenvalue weighted by molar-refractivity contribution is 5.78. The molecular weight excluding hydrogens is 342 g/mol. The van der Waals surface area contributed by atoms with Gasteiger partial charge in [-0.15, -0.1) is 0 Å². The molecule has 6 heteroatoms. The first-order valence-corrected chi connectivity index (χ1v) is 9.66. The molecule has 0 radical (unpaired) electrons.